The van der Waals surface area contributed by atoms with Crippen molar-refractivity contribution in [2.75, 3.05) is 23.9 Å². The third kappa shape index (κ3) is 6.99. The van der Waals surface area contributed by atoms with Gasteiger partial charge in [0.1, 0.15) is 6.54 Å². The van der Waals surface area contributed by atoms with Crippen LogP contribution in [0.25, 0.3) is 0 Å². The third-order valence-electron chi connectivity index (χ3n) is 6.83. The number of carbonyl (C=O) groups is 1. The second kappa shape index (κ2) is 11.9. The molecule has 1 heterocycles. The number of hydrogen-bond acceptors (Lipinski definition) is 4. The molecule has 1 saturated heterocycles. The number of piperidine rings is 1. The minimum Gasteiger partial charge on any atom is -0.350 e. The molecule has 37 heavy (non-hydrogen) atoms. The van der Waals surface area contributed by atoms with Crippen LogP contribution in [-0.4, -0.2) is 38.9 Å². The highest BCUT2D eigenvalue weighted by atomic mass is 32.2. The average Bonchev–Trinajstić information content (AvgIpc) is 2.87. The van der Waals surface area contributed by atoms with Crippen molar-refractivity contribution < 1.29 is 13.2 Å². The molecule has 0 radical (unpaired) electrons. The molecule has 0 aliphatic carbocycles. The van der Waals surface area contributed by atoms with Crippen LogP contribution in [0.1, 0.15) is 47.1 Å². The van der Waals surface area contributed by atoms with E-state index < -0.39 is 10.0 Å². The van der Waals surface area contributed by atoms with Crippen molar-refractivity contribution in [3.8, 4) is 0 Å². The monoisotopic (exact) mass is 519 g/mol. The first kappa shape index (κ1) is 26.9. The summed E-state index contributed by atoms with van der Waals surface area (Å²) < 4.78 is 28.6. The van der Waals surface area contributed by atoms with Gasteiger partial charge in [-0.25, -0.2) is 8.42 Å². The number of nitrogens with one attached hydrogen (secondary N) is 1. The second-order valence-electron chi connectivity index (χ2n) is 10.1. The molecular weight excluding hydrogens is 482 g/mol. The lowest BCUT2D eigenvalue weighted by Gasteiger charge is -2.27. The molecule has 0 bridgehead atoms. The van der Waals surface area contributed by atoms with Crippen LogP contribution in [-0.2, 0) is 27.9 Å². The van der Waals surface area contributed by atoms with Gasteiger partial charge in [-0.1, -0.05) is 54.4 Å². The molecule has 0 saturated carbocycles. The number of hydrogen-bond donors (Lipinski definition) is 1. The predicted octanol–water partition coefficient (Wildman–Crippen LogP) is 5.11. The molecule has 6 nitrogen and oxygen atoms in total. The van der Waals surface area contributed by atoms with Gasteiger partial charge in [0, 0.05) is 13.1 Å². The molecule has 1 amide bonds. The van der Waals surface area contributed by atoms with Crippen LogP contribution in [0.2, 0.25) is 0 Å². The van der Waals surface area contributed by atoms with Gasteiger partial charge in [-0.15, -0.1) is 0 Å². The molecular formula is C30H37N3O3S. The number of carbonyl (C=O) groups excluding carboxylic acids is 1. The number of rotatable bonds is 9. The molecule has 0 unspecified atom stereocenters. The van der Waals surface area contributed by atoms with Crippen molar-refractivity contribution >= 4 is 21.6 Å². The standard InChI is InChI=1S/C30H37N3O3S/c1-23-11-13-29(14-12-23)37(35,36)33(28-18-24(2)17-25(3)19-28)22-30(34)31-20-26-9-5-6-10-27(26)21-32-15-7-4-8-16-32/h5-6,9-14,17-19H,4,7-8,15-16,20-22H2,1-3H3,(H,31,34). The van der Waals surface area contributed by atoms with E-state index in [0.717, 1.165) is 41.9 Å². The van der Waals surface area contributed by atoms with Crippen LogP contribution in [0.4, 0.5) is 5.69 Å². The van der Waals surface area contributed by atoms with Gasteiger partial charge in [0.15, 0.2) is 0 Å². The van der Waals surface area contributed by atoms with E-state index >= 15 is 0 Å². The number of benzene rings is 3. The van der Waals surface area contributed by atoms with Crippen LogP contribution < -0.4 is 9.62 Å². The number of sulfonamides is 1. The Morgan fingerprint density at radius 2 is 1.46 bits per heavy atom. The Balaban J connectivity index is 1.53. The lowest BCUT2D eigenvalue weighted by Crippen LogP contribution is -2.41. The van der Waals surface area contributed by atoms with Crippen LogP contribution in [0, 0.1) is 20.8 Å². The number of likely N-dealkylation sites (tertiary alicyclic amines) is 1. The number of amides is 1. The smallest absolute Gasteiger partial charge is 0.264 e. The Labute approximate surface area is 221 Å². The summed E-state index contributed by atoms with van der Waals surface area (Å²) in [5, 5.41) is 2.98. The number of anilines is 1. The van der Waals surface area contributed by atoms with Gasteiger partial charge in [-0.05, 0) is 93.2 Å². The molecule has 1 aliphatic rings. The zero-order chi connectivity index (χ0) is 26.4. The number of aryl methyl sites for hydroxylation is 3. The Morgan fingerprint density at radius 1 is 0.838 bits per heavy atom. The predicted molar refractivity (Wildman–Crippen MR) is 149 cm³/mol. The molecule has 3 aromatic rings. The van der Waals surface area contributed by atoms with Gasteiger partial charge >= 0.3 is 0 Å². The lowest BCUT2D eigenvalue weighted by molar-refractivity contribution is -0.119. The Bertz CT molecular complexity index is 1310. The summed E-state index contributed by atoms with van der Waals surface area (Å²) in [4.78, 5) is 15.8. The summed E-state index contributed by atoms with van der Waals surface area (Å²) >= 11 is 0. The molecule has 0 aromatic heterocycles. The molecule has 1 aliphatic heterocycles. The van der Waals surface area contributed by atoms with Crippen molar-refractivity contribution in [1.29, 1.82) is 0 Å². The van der Waals surface area contributed by atoms with Crippen molar-refractivity contribution in [1.82, 2.24) is 10.2 Å². The summed E-state index contributed by atoms with van der Waals surface area (Å²) in [6.07, 6.45) is 3.74. The maximum Gasteiger partial charge on any atom is 0.264 e. The maximum absolute atomic E-state index is 13.7. The summed E-state index contributed by atoms with van der Waals surface area (Å²) in [5.74, 6) is -0.345. The molecule has 4 rings (SSSR count). The van der Waals surface area contributed by atoms with Gasteiger partial charge in [0.05, 0.1) is 10.6 Å². The molecule has 1 N–H and O–H groups in total. The molecule has 0 atom stereocenters. The van der Waals surface area contributed by atoms with E-state index in [0.29, 0.717) is 12.2 Å². The van der Waals surface area contributed by atoms with E-state index in [-0.39, 0.29) is 17.3 Å². The van der Waals surface area contributed by atoms with Crippen molar-refractivity contribution in [3.63, 3.8) is 0 Å². The van der Waals surface area contributed by atoms with Crippen LogP contribution in [0.15, 0.2) is 71.6 Å². The fourth-order valence-corrected chi connectivity index (χ4v) is 6.27. The summed E-state index contributed by atoms with van der Waals surface area (Å²) in [7, 11) is -3.94. The minimum atomic E-state index is -3.94. The van der Waals surface area contributed by atoms with Crippen LogP contribution in [0.5, 0.6) is 0 Å². The Morgan fingerprint density at radius 3 is 2.11 bits per heavy atom. The Kier molecular flexibility index (Phi) is 8.67. The highest BCUT2D eigenvalue weighted by Gasteiger charge is 2.27. The van der Waals surface area contributed by atoms with Gasteiger partial charge in [0.25, 0.3) is 10.0 Å². The minimum absolute atomic E-state index is 0.164. The highest BCUT2D eigenvalue weighted by Crippen LogP contribution is 2.26. The highest BCUT2D eigenvalue weighted by molar-refractivity contribution is 7.92. The second-order valence-corrected chi connectivity index (χ2v) is 11.9. The maximum atomic E-state index is 13.7. The van der Waals surface area contributed by atoms with Crippen LogP contribution in [0.3, 0.4) is 0 Å². The van der Waals surface area contributed by atoms with E-state index in [1.807, 2.05) is 45.0 Å². The molecule has 1 fully saturated rings. The quantitative estimate of drug-likeness (QED) is 0.427. The third-order valence-corrected chi connectivity index (χ3v) is 8.62. The van der Waals surface area contributed by atoms with Crippen LogP contribution >= 0.6 is 0 Å². The van der Waals surface area contributed by atoms with E-state index in [9.17, 15) is 13.2 Å². The van der Waals surface area contributed by atoms with E-state index in [1.165, 1.54) is 29.1 Å². The molecule has 0 spiro atoms. The van der Waals surface area contributed by atoms with Crippen molar-refractivity contribution in [2.24, 2.45) is 0 Å². The Hall–Kier alpha value is -3.16. The first-order valence-corrected chi connectivity index (χ1v) is 14.4. The average molecular weight is 520 g/mol. The van der Waals surface area contributed by atoms with Gasteiger partial charge < -0.3 is 5.32 Å². The van der Waals surface area contributed by atoms with E-state index in [4.69, 9.17) is 0 Å². The first-order valence-electron chi connectivity index (χ1n) is 13.0. The van der Waals surface area contributed by atoms with Crippen molar-refractivity contribution in [2.45, 2.75) is 58.0 Å². The normalized spacial score (nSPS) is 14.4. The number of nitrogens with zero attached hydrogens (tertiary/aromatic N) is 2. The fourth-order valence-electron chi connectivity index (χ4n) is 4.87. The molecule has 196 valence electrons. The molecule has 3 aromatic carbocycles. The molecule has 7 heteroatoms. The zero-order valence-electron chi connectivity index (χ0n) is 22.0. The lowest BCUT2D eigenvalue weighted by atomic mass is 10.0. The van der Waals surface area contributed by atoms with E-state index in [2.05, 4.69) is 16.3 Å². The zero-order valence-corrected chi connectivity index (χ0v) is 22.9. The largest absolute Gasteiger partial charge is 0.350 e. The van der Waals surface area contributed by atoms with E-state index in [1.54, 1.807) is 36.4 Å². The van der Waals surface area contributed by atoms with Gasteiger partial charge in [0.2, 0.25) is 5.91 Å². The summed E-state index contributed by atoms with van der Waals surface area (Å²) in [5.41, 5.74) is 5.58. The summed E-state index contributed by atoms with van der Waals surface area (Å²) in [6, 6.07) is 20.5. The summed E-state index contributed by atoms with van der Waals surface area (Å²) in [6.45, 7) is 8.88. The topological polar surface area (TPSA) is 69.7 Å². The van der Waals surface area contributed by atoms with Gasteiger partial charge in [-0.3, -0.25) is 14.0 Å². The first-order chi connectivity index (χ1) is 17.7. The van der Waals surface area contributed by atoms with Crippen molar-refractivity contribution in [3.05, 3.63) is 94.5 Å². The SMILES string of the molecule is Cc1ccc(S(=O)(=O)N(CC(=O)NCc2ccccc2CN2CCCCC2)c2cc(C)cc(C)c2)cc1. The van der Waals surface area contributed by atoms with Gasteiger partial charge in [-0.2, -0.15) is 0 Å². The fraction of sp³-hybridized carbons (Fsp3) is 0.367.